The number of nitrogens with zero attached hydrogens (tertiary/aromatic N) is 1. The van der Waals surface area contributed by atoms with Gasteiger partial charge in [-0.1, -0.05) is 23.2 Å². The molecule has 3 N–H and O–H groups in total. The molecule has 7 nitrogen and oxygen atoms in total. The Morgan fingerprint density at radius 2 is 1.81 bits per heavy atom. The third kappa shape index (κ3) is 5.21. The number of carbonyl (C=O) groups excluding carboxylic acids is 1. The van der Waals surface area contributed by atoms with E-state index in [2.05, 4.69) is 10.6 Å². The molecule has 0 aromatic heterocycles. The minimum absolute atomic E-state index is 0.219. The number of rotatable bonds is 5. The summed E-state index contributed by atoms with van der Waals surface area (Å²) in [4.78, 5) is 11.9. The second kappa shape index (κ2) is 8.21. The van der Waals surface area contributed by atoms with Crippen LogP contribution in [0.3, 0.4) is 0 Å². The van der Waals surface area contributed by atoms with E-state index in [1.54, 1.807) is 6.07 Å². The molecule has 26 heavy (non-hydrogen) atoms. The Morgan fingerprint density at radius 1 is 1.15 bits per heavy atom. The summed E-state index contributed by atoms with van der Waals surface area (Å²) in [5.74, 6) is -0.696. The van der Waals surface area contributed by atoms with Crippen molar-refractivity contribution in [3.8, 4) is 6.07 Å². The first-order valence-electron chi connectivity index (χ1n) is 6.91. The summed E-state index contributed by atoms with van der Waals surface area (Å²) in [5, 5.41) is 14.9. The maximum absolute atomic E-state index is 12.1. The molecule has 0 spiro atoms. The summed E-state index contributed by atoms with van der Waals surface area (Å²) in [7, 11) is -4.29. The molecule has 0 saturated heterocycles. The van der Waals surface area contributed by atoms with Crippen molar-refractivity contribution in [1.82, 2.24) is 0 Å². The number of anilines is 2. The van der Waals surface area contributed by atoms with Gasteiger partial charge in [0.2, 0.25) is 0 Å². The summed E-state index contributed by atoms with van der Waals surface area (Å²) in [6, 6.07) is 11.3. The maximum atomic E-state index is 12.1. The van der Waals surface area contributed by atoms with E-state index in [-0.39, 0.29) is 15.5 Å². The molecule has 1 amide bonds. The molecule has 0 aliphatic rings. The highest BCUT2D eigenvalue weighted by Gasteiger charge is 2.12. The summed E-state index contributed by atoms with van der Waals surface area (Å²) < 4.78 is 30.9. The second-order valence-electron chi connectivity index (χ2n) is 4.89. The molecule has 134 valence electrons. The van der Waals surface area contributed by atoms with E-state index in [9.17, 15) is 13.2 Å². The van der Waals surface area contributed by atoms with E-state index in [1.165, 1.54) is 42.5 Å². The highest BCUT2D eigenvalue weighted by molar-refractivity contribution is 7.85. The van der Waals surface area contributed by atoms with Gasteiger partial charge in [-0.05, 0) is 42.5 Å². The monoisotopic (exact) mass is 411 g/mol. The number of halogens is 2. The van der Waals surface area contributed by atoms with Gasteiger partial charge in [0.1, 0.15) is 11.6 Å². The first kappa shape index (κ1) is 19.8. The first-order chi connectivity index (χ1) is 12.2. The van der Waals surface area contributed by atoms with Crippen molar-refractivity contribution in [2.75, 3.05) is 10.6 Å². The van der Waals surface area contributed by atoms with Crippen LogP contribution in [0.2, 0.25) is 10.0 Å². The Balaban J connectivity index is 2.12. The van der Waals surface area contributed by atoms with Crippen LogP contribution < -0.4 is 10.6 Å². The summed E-state index contributed by atoms with van der Waals surface area (Å²) in [6.45, 7) is 0. The van der Waals surface area contributed by atoms with Crippen molar-refractivity contribution in [1.29, 1.82) is 5.26 Å². The van der Waals surface area contributed by atoms with E-state index in [0.29, 0.717) is 16.4 Å². The van der Waals surface area contributed by atoms with Crippen LogP contribution in [-0.4, -0.2) is 18.9 Å². The Labute approximate surface area is 159 Å². The normalized spacial score (nSPS) is 11.5. The molecule has 2 aromatic rings. The van der Waals surface area contributed by atoms with E-state index in [4.69, 9.17) is 33.0 Å². The zero-order valence-corrected chi connectivity index (χ0v) is 15.2. The van der Waals surface area contributed by atoms with Gasteiger partial charge in [0.25, 0.3) is 16.0 Å². The lowest BCUT2D eigenvalue weighted by atomic mass is 10.2. The number of nitrogens with one attached hydrogen (secondary N) is 2. The Bertz CT molecular complexity index is 1010. The third-order valence-corrected chi connectivity index (χ3v) is 4.50. The number of amides is 1. The highest BCUT2D eigenvalue weighted by atomic mass is 35.5. The Kier molecular flexibility index (Phi) is 6.23. The van der Waals surface area contributed by atoms with E-state index in [1.807, 2.05) is 0 Å². The van der Waals surface area contributed by atoms with Crippen molar-refractivity contribution >= 4 is 50.6 Å². The van der Waals surface area contributed by atoms with Crippen LogP contribution in [0.4, 0.5) is 11.4 Å². The van der Waals surface area contributed by atoms with Crippen LogP contribution in [0.5, 0.6) is 0 Å². The predicted molar refractivity (Wildman–Crippen MR) is 98.7 cm³/mol. The van der Waals surface area contributed by atoms with Crippen LogP contribution in [0, 0.1) is 11.3 Å². The minimum atomic E-state index is -4.29. The molecule has 0 radical (unpaired) electrons. The van der Waals surface area contributed by atoms with Crippen LogP contribution in [-0.2, 0) is 14.9 Å². The third-order valence-electron chi connectivity index (χ3n) is 3.08. The average molecular weight is 412 g/mol. The first-order valence-corrected chi connectivity index (χ1v) is 9.11. The fraction of sp³-hybridized carbons (Fsp3) is 0. The number of hydrogen-bond acceptors (Lipinski definition) is 5. The zero-order valence-electron chi connectivity index (χ0n) is 12.9. The van der Waals surface area contributed by atoms with Gasteiger partial charge in [0, 0.05) is 16.9 Å². The van der Waals surface area contributed by atoms with Crippen LogP contribution in [0.1, 0.15) is 0 Å². The fourth-order valence-electron chi connectivity index (χ4n) is 1.81. The molecule has 0 heterocycles. The van der Waals surface area contributed by atoms with Gasteiger partial charge in [-0.2, -0.15) is 13.7 Å². The van der Waals surface area contributed by atoms with Gasteiger partial charge >= 0.3 is 0 Å². The van der Waals surface area contributed by atoms with Crippen molar-refractivity contribution in [2.24, 2.45) is 0 Å². The van der Waals surface area contributed by atoms with Crippen LogP contribution in [0.25, 0.3) is 0 Å². The average Bonchev–Trinajstić information content (AvgIpc) is 2.57. The van der Waals surface area contributed by atoms with Crippen LogP contribution in [0.15, 0.2) is 59.1 Å². The second-order valence-corrected chi connectivity index (χ2v) is 7.16. The van der Waals surface area contributed by atoms with Gasteiger partial charge in [0.15, 0.2) is 0 Å². The van der Waals surface area contributed by atoms with Crippen LogP contribution >= 0.6 is 23.2 Å². The highest BCUT2D eigenvalue weighted by Crippen LogP contribution is 2.25. The van der Waals surface area contributed by atoms with Gasteiger partial charge in [-0.15, -0.1) is 0 Å². The minimum Gasteiger partial charge on any atom is -0.360 e. The zero-order chi connectivity index (χ0) is 19.3. The SMILES string of the molecule is N#C/C(=C/Nc1ccc(S(=O)(=O)O)cc1)C(=O)Nc1ccc(Cl)cc1Cl. The number of nitriles is 1. The topological polar surface area (TPSA) is 119 Å². The lowest BCUT2D eigenvalue weighted by Gasteiger charge is -2.07. The lowest BCUT2D eigenvalue weighted by molar-refractivity contribution is -0.112. The molecule has 0 saturated carbocycles. The van der Waals surface area contributed by atoms with Gasteiger partial charge in [-0.25, -0.2) is 0 Å². The molecule has 2 aromatic carbocycles. The molecular formula is C16H11Cl2N3O4S. The van der Waals surface area contributed by atoms with E-state index < -0.39 is 16.0 Å². The smallest absolute Gasteiger partial charge is 0.294 e. The molecule has 0 aliphatic heterocycles. The molecule has 10 heteroatoms. The van der Waals surface area contributed by atoms with Crippen molar-refractivity contribution < 1.29 is 17.8 Å². The molecule has 0 bridgehead atoms. The molecule has 0 unspecified atom stereocenters. The molecular weight excluding hydrogens is 401 g/mol. The van der Waals surface area contributed by atoms with Gasteiger partial charge in [0.05, 0.1) is 15.6 Å². The number of carbonyl (C=O) groups is 1. The van der Waals surface area contributed by atoms with Gasteiger partial charge in [-0.3, -0.25) is 9.35 Å². The summed E-state index contributed by atoms with van der Waals surface area (Å²) >= 11 is 11.7. The fourth-order valence-corrected chi connectivity index (χ4v) is 2.74. The van der Waals surface area contributed by atoms with Crippen molar-refractivity contribution in [3.05, 3.63) is 64.3 Å². The van der Waals surface area contributed by atoms with E-state index >= 15 is 0 Å². The van der Waals surface area contributed by atoms with Gasteiger partial charge < -0.3 is 10.6 Å². The predicted octanol–water partition coefficient (Wildman–Crippen LogP) is 3.70. The van der Waals surface area contributed by atoms with Crippen molar-refractivity contribution in [3.63, 3.8) is 0 Å². The molecule has 0 atom stereocenters. The molecule has 2 rings (SSSR count). The lowest BCUT2D eigenvalue weighted by Crippen LogP contribution is -2.14. The number of hydrogen-bond donors (Lipinski definition) is 3. The summed E-state index contributed by atoms with van der Waals surface area (Å²) in [6.07, 6.45) is 1.15. The number of benzene rings is 2. The molecule has 0 fully saturated rings. The Hall–Kier alpha value is -2.57. The quantitative estimate of drug-likeness (QED) is 0.391. The van der Waals surface area contributed by atoms with E-state index in [0.717, 1.165) is 6.20 Å². The Morgan fingerprint density at radius 3 is 2.35 bits per heavy atom. The van der Waals surface area contributed by atoms with Crippen molar-refractivity contribution in [2.45, 2.75) is 4.90 Å². The largest absolute Gasteiger partial charge is 0.360 e. The summed E-state index contributed by atoms with van der Waals surface area (Å²) in [5.41, 5.74) is 0.456. The maximum Gasteiger partial charge on any atom is 0.294 e. The standard InChI is InChI=1S/C16H11Cl2N3O4S/c17-11-1-6-15(14(18)7-11)21-16(22)10(8-19)9-20-12-2-4-13(5-3-12)26(23,24)25/h1-7,9,20H,(H,21,22)(H,23,24,25)/b10-9-. The molecule has 0 aliphatic carbocycles.